The summed E-state index contributed by atoms with van der Waals surface area (Å²) < 4.78 is 0.762. The van der Waals surface area contributed by atoms with Crippen LogP contribution in [0.4, 0.5) is 5.69 Å². The average Bonchev–Trinajstić information content (AvgIpc) is 2.28. The third-order valence-electron chi connectivity index (χ3n) is 2.25. The highest BCUT2D eigenvalue weighted by atomic mass is 79.9. The molecule has 0 aromatic heterocycles. The van der Waals surface area contributed by atoms with Crippen molar-refractivity contribution in [3.63, 3.8) is 0 Å². The van der Waals surface area contributed by atoms with Crippen LogP contribution < -0.4 is 11.1 Å². The normalized spacial score (nSPS) is 11.9. The van der Waals surface area contributed by atoms with Crippen molar-refractivity contribution in [2.24, 2.45) is 0 Å². The number of carbonyl (C=O) groups excluding carboxylic acids is 1. The van der Waals surface area contributed by atoms with Crippen molar-refractivity contribution in [1.82, 2.24) is 5.32 Å². The Labute approximate surface area is 112 Å². The zero-order chi connectivity index (χ0) is 13.7. The molecule has 1 rings (SSSR count). The first-order valence-corrected chi connectivity index (χ1v) is 5.95. The summed E-state index contributed by atoms with van der Waals surface area (Å²) in [6.45, 7) is 0.0573. The van der Waals surface area contributed by atoms with Gasteiger partial charge < -0.3 is 21.3 Å². The number of aliphatic carboxylic acids is 1. The molecule has 0 saturated heterocycles. The number of aliphatic hydroxyl groups excluding tert-OH is 1. The van der Waals surface area contributed by atoms with Gasteiger partial charge in [-0.25, -0.2) is 4.79 Å². The smallest absolute Gasteiger partial charge is 0.332 e. The maximum atomic E-state index is 11.7. The van der Waals surface area contributed by atoms with Gasteiger partial charge in [0, 0.05) is 23.1 Å². The van der Waals surface area contributed by atoms with Crippen LogP contribution >= 0.6 is 15.9 Å². The van der Waals surface area contributed by atoms with Gasteiger partial charge in [0.25, 0.3) is 5.91 Å². The fourth-order valence-corrected chi connectivity index (χ4v) is 1.66. The second-order valence-corrected chi connectivity index (χ2v) is 4.55. The molecule has 0 bridgehead atoms. The van der Waals surface area contributed by atoms with E-state index < -0.39 is 18.0 Å². The molecular formula is C11H13BrN2O4. The number of hydrogen-bond donors (Lipinski definition) is 4. The summed E-state index contributed by atoms with van der Waals surface area (Å²) in [6.07, 6.45) is -1.54. The number of anilines is 1. The molecule has 0 radical (unpaired) electrons. The number of nitrogen functional groups attached to an aromatic ring is 1. The van der Waals surface area contributed by atoms with E-state index in [1.54, 1.807) is 18.2 Å². The number of carboxylic acids is 1. The molecule has 0 heterocycles. The Morgan fingerprint density at radius 1 is 1.44 bits per heavy atom. The van der Waals surface area contributed by atoms with E-state index in [0.29, 0.717) is 11.3 Å². The fourth-order valence-electron chi connectivity index (χ4n) is 1.28. The van der Waals surface area contributed by atoms with Gasteiger partial charge in [0.1, 0.15) is 0 Å². The number of hydrogen-bond acceptors (Lipinski definition) is 4. The Morgan fingerprint density at radius 3 is 2.67 bits per heavy atom. The highest BCUT2D eigenvalue weighted by Crippen LogP contribution is 2.18. The lowest BCUT2D eigenvalue weighted by Gasteiger charge is -2.09. The molecule has 6 nitrogen and oxygen atoms in total. The predicted molar refractivity (Wildman–Crippen MR) is 69.1 cm³/mol. The minimum Gasteiger partial charge on any atom is -0.479 e. The van der Waals surface area contributed by atoms with Crippen molar-refractivity contribution in [2.45, 2.75) is 12.5 Å². The molecule has 18 heavy (non-hydrogen) atoms. The number of nitrogens with two attached hydrogens (primary N) is 1. The van der Waals surface area contributed by atoms with Crippen LogP contribution in [-0.4, -0.2) is 34.7 Å². The lowest BCUT2D eigenvalue weighted by Crippen LogP contribution is -2.30. The summed E-state index contributed by atoms with van der Waals surface area (Å²) in [6, 6.07) is 4.83. The Morgan fingerprint density at radius 2 is 2.11 bits per heavy atom. The second-order valence-electron chi connectivity index (χ2n) is 3.63. The molecule has 1 unspecified atom stereocenters. The molecule has 0 saturated carbocycles. The molecule has 7 heteroatoms. The Balaban J connectivity index is 2.53. The largest absolute Gasteiger partial charge is 0.479 e. The van der Waals surface area contributed by atoms with Gasteiger partial charge in [-0.1, -0.05) is 15.9 Å². The summed E-state index contributed by atoms with van der Waals surface area (Å²) in [7, 11) is 0. The minimum atomic E-state index is -1.48. The van der Waals surface area contributed by atoms with E-state index in [0.717, 1.165) is 4.47 Å². The van der Waals surface area contributed by atoms with Gasteiger partial charge in [-0.05, 0) is 18.2 Å². The Kier molecular flexibility index (Phi) is 5.11. The quantitative estimate of drug-likeness (QED) is 0.594. The van der Waals surface area contributed by atoms with Crippen LogP contribution in [-0.2, 0) is 4.79 Å². The molecule has 1 atom stereocenters. The van der Waals surface area contributed by atoms with E-state index in [1.807, 2.05) is 0 Å². The van der Waals surface area contributed by atoms with E-state index >= 15 is 0 Å². The minimum absolute atomic E-state index is 0.0573. The number of benzene rings is 1. The summed E-state index contributed by atoms with van der Waals surface area (Å²) in [5, 5.41) is 20.0. The van der Waals surface area contributed by atoms with E-state index in [4.69, 9.17) is 15.9 Å². The zero-order valence-corrected chi connectivity index (χ0v) is 11.0. The summed E-state index contributed by atoms with van der Waals surface area (Å²) in [5.41, 5.74) is 6.30. The number of nitrogens with one attached hydrogen (secondary N) is 1. The number of carboxylic acid groups (broad SMARTS) is 1. The van der Waals surface area contributed by atoms with Gasteiger partial charge in [-0.15, -0.1) is 0 Å². The summed E-state index contributed by atoms with van der Waals surface area (Å²) in [5.74, 6) is -1.72. The van der Waals surface area contributed by atoms with Gasteiger partial charge in [-0.3, -0.25) is 4.79 Å². The highest BCUT2D eigenvalue weighted by molar-refractivity contribution is 9.10. The van der Waals surface area contributed by atoms with Crippen molar-refractivity contribution in [3.05, 3.63) is 28.2 Å². The predicted octanol–water partition coefficient (Wildman–Crippen LogP) is 0.597. The molecule has 1 amide bonds. The van der Waals surface area contributed by atoms with Crippen LogP contribution in [0.5, 0.6) is 0 Å². The first-order chi connectivity index (χ1) is 8.41. The monoisotopic (exact) mass is 316 g/mol. The van der Waals surface area contributed by atoms with Crippen LogP contribution in [0.3, 0.4) is 0 Å². The van der Waals surface area contributed by atoms with E-state index in [2.05, 4.69) is 21.2 Å². The maximum Gasteiger partial charge on any atom is 0.332 e. The van der Waals surface area contributed by atoms with Crippen molar-refractivity contribution >= 4 is 33.5 Å². The Bertz CT molecular complexity index is 464. The highest BCUT2D eigenvalue weighted by Gasteiger charge is 2.14. The van der Waals surface area contributed by atoms with Crippen molar-refractivity contribution in [2.75, 3.05) is 12.3 Å². The lowest BCUT2D eigenvalue weighted by atomic mass is 10.1. The first-order valence-electron chi connectivity index (χ1n) is 5.16. The zero-order valence-electron chi connectivity index (χ0n) is 9.39. The van der Waals surface area contributed by atoms with Crippen LogP contribution in [0.2, 0.25) is 0 Å². The molecular weight excluding hydrogens is 304 g/mol. The summed E-state index contributed by atoms with van der Waals surface area (Å²) >= 11 is 3.22. The molecule has 0 aliphatic heterocycles. The van der Waals surface area contributed by atoms with Crippen molar-refractivity contribution in [3.8, 4) is 0 Å². The molecule has 0 fully saturated rings. The number of rotatable bonds is 5. The molecule has 5 N–H and O–H groups in total. The third kappa shape index (κ3) is 4.01. The van der Waals surface area contributed by atoms with E-state index in [9.17, 15) is 9.59 Å². The molecule has 0 aliphatic carbocycles. The molecule has 0 spiro atoms. The van der Waals surface area contributed by atoms with Crippen molar-refractivity contribution < 1.29 is 19.8 Å². The SMILES string of the molecule is Nc1cc(Br)ccc1C(=O)NCCC(O)C(=O)O. The second kappa shape index (κ2) is 6.36. The number of amides is 1. The lowest BCUT2D eigenvalue weighted by molar-refractivity contribution is -0.146. The maximum absolute atomic E-state index is 11.7. The van der Waals surface area contributed by atoms with Gasteiger partial charge in [0.2, 0.25) is 0 Å². The molecule has 98 valence electrons. The fraction of sp³-hybridized carbons (Fsp3) is 0.273. The topological polar surface area (TPSA) is 113 Å². The summed E-state index contributed by atoms with van der Waals surface area (Å²) in [4.78, 5) is 22.0. The van der Waals surface area contributed by atoms with E-state index in [-0.39, 0.29) is 13.0 Å². The van der Waals surface area contributed by atoms with Gasteiger partial charge in [-0.2, -0.15) is 0 Å². The average molecular weight is 317 g/mol. The van der Waals surface area contributed by atoms with Crippen LogP contribution in [0.15, 0.2) is 22.7 Å². The number of carbonyl (C=O) groups is 2. The van der Waals surface area contributed by atoms with Gasteiger partial charge in [0.05, 0.1) is 5.56 Å². The first kappa shape index (κ1) is 14.5. The van der Waals surface area contributed by atoms with E-state index in [1.165, 1.54) is 0 Å². The molecule has 1 aromatic carbocycles. The van der Waals surface area contributed by atoms with Crippen LogP contribution in [0.1, 0.15) is 16.8 Å². The standard InChI is InChI=1S/C11H13BrN2O4/c12-6-1-2-7(8(13)5-6)10(16)14-4-3-9(15)11(17)18/h1-2,5,9,15H,3-4,13H2,(H,14,16)(H,17,18). The Hall–Kier alpha value is -1.60. The van der Waals surface area contributed by atoms with Crippen LogP contribution in [0, 0.1) is 0 Å². The number of halogens is 1. The van der Waals surface area contributed by atoms with Crippen molar-refractivity contribution in [1.29, 1.82) is 0 Å². The van der Waals surface area contributed by atoms with Gasteiger partial charge in [0.15, 0.2) is 6.10 Å². The molecule has 1 aromatic rings. The molecule has 0 aliphatic rings. The van der Waals surface area contributed by atoms with Gasteiger partial charge >= 0.3 is 5.97 Å². The van der Waals surface area contributed by atoms with Crippen LogP contribution in [0.25, 0.3) is 0 Å². The third-order valence-corrected chi connectivity index (χ3v) is 2.74. The number of aliphatic hydroxyl groups is 1.